The molecule has 2 atom stereocenters. The normalized spacial score (nSPS) is 20.0. The first-order valence-electron chi connectivity index (χ1n) is 15.1. The number of aliphatic hydroxyl groups is 1. The maximum absolute atomic E-state index is 13.9. The number of rotatable bonds is 6. The maximum atomic E-state index is 13.9. The SMILES string of the molecule is CC(C)(C)OC(=O)N1CC[C@@H](C(=O)N2CCC(O)(Cn3cnc(Oc4ccc(F)cc4)c(N)c3=O)CC2)[C@H](c2ccccc2)C1. The quantitative estimate of drug-likeness (QED) is 0.419. The molecule has 1 aromatic heterocycles. The van der Waals surface area contributed by atoms with E-state index in [4.69, 9.17) is 15.2 Å². The summed E-state index contributed by atoms with van der Waals surface area (Å²) in [5.41, 5.74) is 4.31. The second-order valence-corrected chi connectivity index (χ2v) is 12.8. The molecule has 3 aromatic rings. The van der Waals surface area contributed by atoms with Crippen LogP contribution in [0.15, 0.2) is 65.7 Å². The molecule has 5 rings (SSSR count). The minimum atomic E-state index is -1.26. The molecule has 12 heteroatoms. The van der Waals surface area contributed by atoms with Gasteiger partial charge in [0.2, 0.25) is 11.8 Å². The first kappa shape index (κ1) is 32.0. The van der Waals surface area contributed by atoms with Gasteiger partial charge in [0.25, 0.3) is 5.56 Å². The van der Waals surface area contributed by atoms with E-state index in [1.165, 1.54) is 35.2 Å². The summed E-state index contributed by atoms with van der Waals surface area (Å²) in [4.78, 5) is 47.4. The molecule has 11 nitrogen and oxygen atoms in total. The third kappa shape index (κ3) is 7.62. The molecule has 0 saturated carbocycles. The fraction of sp³-hybridized carbons (Fsp3) is 0.455. The van der Waals surface area contributed by atoms with Crippen LogP contribution in [0.3, 0.4) is 0 Å². The van der Waals surface area contributed by atoms with E-state index < -0.39 is 28.7 Å². The standard InChI is InChI=1S/C33H40FN5O6/c1-32(2,3)45-31(42)38-16-13-25(26(19-38)22-7-5-4-6-8-22)29(40)37-17-14-33(43,15-18-37)20-39-21-36-28(27(35)30(39)41)44-24-11-9-23(34)10-12-24/h4-12,21,25-26,43H,13-20,35H2,1-3H3/t25-,26+/m1/s1. The minimum Gasteiger partial charge on any atom is -0.444 e. The molecular weight excluding hydrogens is 581 g/mol. The summed E-state index contributed by atoms with van der Waals surface area (Å²) in [6.07, 6.45) is 1.87. The lowest BCUT2D eigenvalue weighted by atomic mass is 9.79. The largest absolute Gasteiger partial charge is 0.444 e. The van der Waals surface area contributed by atoms with Crippen molar-refractivity contribution < 1.29 is 28.6 Å². The summed E-state index contributed by atoms with van der Waals surface area (Å²) in [5, 5.41) is 11.4. The number of nitrogens with two attached hydrogens (primary N) is 1. The van der Waals surface area contributed by atoms with Gasteiger partial charge in [0.05, 0.1) is 12.1 Å². The number of piperidine rings is 2. The second-order valence-electron chi connectivity index (χ2n) is 12.8. The minimum absolute atomic E-state index is 0.0138. The van der Waals surface area contributed by atoms with E-state index in [2.05, 4.69) is 4.98 Å². The van der Waals surface area contributed by atoms with Gasteiger partial charge in [-0.15, -0.1) is 0 Å². The number of hydrogen-bond acceptors (Lipinski definition) is 8. The Balaban J connectivity index is 1.24. The van der Waals surface area contributed by atoms with Gasteiger partial charge in [-0.3, -0.25) is 14.2 Å². The average molecular weight is 622 g/mol. The summed E-state index contributed by atoms with van der Waals surface area (Å²) in [6, 6.07) is 14.9. The highest BCUT2D eigenvalue weighted by molar-refractivity contribution is 5.81. The second kappa shape index (κ2) is 12.9. The van der Waals surface area contributed by atoms with Gasteiger partial charge in [-0.05, 0) is 69.9 Å². The van der Waals surface area contributed by atoms with E-state index in [0.29, 0.717) is 32.6 Å². The van der Waals surface area contributed by atoms with Crippen LogP contribution in [0, 0.1) is 11.7 Å². The van der Waals surface area contributed by atoms with E-state index in [1.54, 1.807) is 9.80 Å². The van der Waals surface area contributed by atoms with Crippen molar-refractivity contribution in [3.8, 4) is 11.6 Å². The molecule has 0 aliphatic carbocycles. The first-order valence-corrected chi connectivity index (χ1v) is 15.1. The fourth-order valence-electron chi connectivity index (χ4n) is 5.93. The fourth-order valence-corrected chi connectivity index (χ4v) is 5.93. The third-order valence-electron chi connectivity index (χ3n) is 8.34. The average Bonchev–Trinajstić information content (AvgIpc) is 3.01. The zero-order chi connectivity index (χ0) is 32.4. The van der Waals surface area contributed by atoms with Crippen molar-refractivity contribution in [3.05, 3.63) is 82.7 Å². The zero-order valence-corrected chi connectivity index (χ0v) is 25.8. The van der Waals surface area contributed by atoms with Gasteiger partial charge in [0.1, 0.15) is 23.5 Å². The third-order valence-corrected chi connectivity index (χ3v) is 8.34. The molecule has 240 valence electrons. The zero-order valence-electron chi connectivity index (χ0n) is 25.8. The molecule has 2 aliphatic heterocycles. The van der Waals surface area contributed by atoms with Gasteiger partial charge in [-0.1, -0.05) is 30.3 Å². The molecule has 3 heterocycles. The van der Waals surface area contributed by atoms with Gasteiger partial charge in [-0.25, -0.2) is 14.2 Å². The lowest BCUT2D eigenvalue weighted by Crippen LogP contribution is -2.53. The van der Waals surface area contributed by atoms with Gasteiger partial charge in [0, 0.05) is 38.0 Å². The molecule has 2 amide bonds. The van der Waals surface area contributed by atoms with Crippen LogP contribution in [0.1, 0.15) is 51.5 Å². The van der Waals surface area contributed by atoms with Crippen molar-refractivity contribution in [3.63, 3.8) is 0 Å². The number of nitrogen functional groups attached to an aromatic ring is 1. The van der Waals surface area contributed by atoms with Gasteiger partial charge in [0.15, 0.2) is 5.69 Å². The maximum Gasteiger partial charge on any atom is 0.410 e. The number of amides is 2. The van der Waals surface area contributed by atoms with Crippen LogP contribution in [0.25, 0.3) is 0 Å². The smallest absolute Gasteiger partial charge is 0.410 e. The monoisotopic (exact) mass is 621 g/mol. The molecule has 0 bridgehead atoms. The molecule has 0 unspecified atom stereocenters. The van der Waals surface area contributed by atoms with E-state index in [-0.39, 0.29) is 54.4 Å². The predicted molar refractivity (Wildman–Crippen MR) is 165 cm³/mol. The number of hydrogen-bond donors (Lipinski definition) is 2. The van der Waals surface area contributed by atoms with Crippen LogP contribution in [-0.4, -0.2) is 73.8 Å². The summed E-state index contributed by atoms with van der Waals surface area (Å²) in [7, 11) is 0. The summed E-state index contributed by atoms with van der Waals surface area (Å²) in [6.45, 7) is 6.83. The highest BCUT2D eigenvalue weighted by atomic mass is 19.1. The van der Waals surface area contributed by atoms with Crippen LogP contribution >= 0.6 is 0 Å². The number of anilines is 1. The molecule has 0 spiro atoms. The predicted octanol–water partition coefficient (Wildman–Crippen LogP) is 4.15. The Morgan fingerprint density at radius 3 is 2.36 bits per heavy atom. The molecule has 2 fully saturated rings. The molecule has 45 heavy (non-hydrogen) atoms. The Kier molecular flexibility index (Phi) is 9.15. The molecular formula is C33H40FN5O6. The Labute approximate surface area is 261 Å². The molecule has 0 radical (unpaired) electrons. The Morgan fingerprint density at radius 2 is 1.71 bits per heavy atom. The lowest BCUT2D eigenvalue weighted by molar-refractivity contribution is -0.142. The number of carbonyl (C=O) groups excluding carboxylic acids is 2. The van der Waals surface area contributed by atoms with E-state index in [1.807, 2.05) is 51.1 Å². The summed E-state index contributed by atoms with van der Waals surface area (Å²) < 4.78 is 25.6. The van der Waals surface area contributed by atoms with Gasteiger partial charge < -0.3 is 30.1 Å². The number of carbonyl (C=O) groups is 2. The van der Waals surface area contributed by atoms with Gasteiger partial charge in [-0.2, -0.15) is 0 Å². The highest BCUT2D eigenvalue weighted by Crippen LogP contribution is 2.36. The summed E-state index contributed by atoms with van der Waals surface area (Å²) >= 11 is 0. The van der Waals surface area contributed by atoms with Crippen LogP contribution in [0.2, 0.25) is 0 Å². The van der Waals surface area contributed by atoms with E-state index >= 15 is 0 Å². The molecule has 3 N–H and O–H groups in total. The van der Waals surface area contributed by atoms with Crippen LogP contribution < -0.4 is 16.0 Å². The van der Waals surface area contributed by atoms with E-state index in [9.17, 15) is 23.9 Å². The Bertz CT molecular complexity index is 1570. The van der Waals surface area contributed by atoms with Crippen molar-refractivity contribution in [1.82, 2.24) is 19.4 Å². The number of aromatic nitrogens is 2. The van der Waals surface area contributed by atoms with Crippen molar-refractivity contribution >= 4 is 17.7 Å². The van der Waals surface area contributed by atoms with Crippen molar-refractivity contribution in [1.29, 1.82) is 0 Å². The molecule has 2 aromatic carbocycles. The van der Waals surface area contributed by atoms with Crippen LogP contribution in [0.5, 0.6) is 11.6 Å². The Hall–Kier alpha value is -4.45. The molecule has 2 aliphatic rings. The van der Waals surface area contributed by atoms with Gasteiger partial charge >= 0.3 is 6.09 Å². The van der Waals surface area contributed by atoms with Crippen molar-refractivity contribution in [2.75, 3.05) is 31.9 Å². The van der Waals surface area contributed by atoms with Crippen LogP contribution in [0.4, 0.5) is 14.9 Å². The number of halogens is 1. The van der Waals surface area contributed by atoms with Crippen molar-refractivity contribution in [2.45, 2.75) is 63.7 Å². The first-order chi connectivity index (χ1) is 21.3. The number of nitrogens with zero attached hydrogens (tertiary/aromatic N) is 4. The topological polar surface area (TPSA) is 140 Å². The number of ether oxygens (including phenoxy) is 2. The highest BCUT2D eigenvalue weighted by Gasteiger charge is 2.42. The summed E-state index contributed by atoms with van der Waals surface area (Å²) in [5.74, 6) is -0.824. The Morgan fingerprint density at radius 1 is 1.04 bits per heavy atom. The van der Waals surface area contributed by atoms with Crippen LogP contribution in [-0.2, 0) is 16.1 Å². The molecule has 2 saturated heterocycles. The lowest BCUT2D eigenvalue weighted by Gasteiger charge is -2.43. The van der Waals surface area contributed by atoms with E-state index in [0.717, 1.165) is 5.56 Å². The number of benzene rings is 2. The van der Waals surface area contributed by atoms with Crippen molar-refractivity contribution in [2.24, 2.45) is 5.92 Å². The number of likely N-dealkylation sites (tertiary alicyclic amines) is 2.